The van der Waals surface area contributed by atoms with E-state index in [4.69, 9.17) is 4.74 Å². The van der Waals surface area contributed by atoms with E-state index < -0.39 is 0 Å². The Morgan fingerprint density at radius 2 is 1.72 bits per heavy atom. The molecule has 0 radical (unpaired) electrons. The molecule has 0 aromatic heterocycles. The largest absolute Gasteiger partial charge is 0.491 e. The first kappa shape index (κ1) is 21.1. The molecular weight excluding hydrogens is 386 g/mol. The van der Waals surface area contributed by atoms with Crippen LogP contribution in [0.5, 0.6) is 5.75 Å². The molecule has 0 saturated heterocycles. The Balaban J connectivity index is 2.04. The molecule has 1 aliphatic heterocycles. The van der Waals surface area contributed by atoms with Crippen molar-refractivity contribution in [1.82, 2.24) is 0 Å². The number of amides is 2. The minimum absolute atomic E-state index is 0.0465. The van der Waals surface area contributed by atoms with Crippen molar-refractivity contribution in [3.8, 4) is 5.75 Å². The molecule has 0 saturated carbocycles. The van der Waals surface area contributed by atoms with Gasteiger partial charge in [-0.05, 0) is 62.6 Å². The Morgan fingerprint density at radius 1 is 1.03 bits per heavy atom. The van der Waals surface area contributed by atoms with Gasteiger partial charge in [0, 0.05) is 5.75 Å². The van der Waals surface area contributed by atoms with E-state index in [-0.39, 0.29) is 24.5 Å². The van der Waals surface area contributed by atoms with E-state index in [1.54, 1.807) is 24.3 Å². The second-order valence-electron chi connectivity index (χ2n) is 7.20. The average Bonchev–Trinajstić information content (AvgIpc) is 2.92. The van der Waals surface area contributed by atoms with Crippen LogP contribution in [-0.4, -0.2) is 35.4 Å². The first-order valence-corrected chi connectivity index (χ1v) is 10.5. The van der Waals surface area contributed by atoms with Crippen molar-refractivity contribution >= 4 is 34.8 Å². The molecule has 152 valence electrons. The lowest BCUT2D eigenvalue weighted by atomic mass is 10.1. The maximum absolute atomic E-state index is 13.4. The van der Waals surface area contributed by atoms with Gasteiger partial charge in [-0.25, -0.2) is 4.90 Å². The van der Waals surface area contributed by atoms with E-state index >= 15 is 0 Å². The number of aryl methyl sites for hydroxylation is 2. The lowest BCUT2D eigenvalue weighted by molar-refractivity contribution is -0.119. The third-order valence-electron chi connectivity index (χ3n) is 4.50. The van der Waals surface area contributed by atoms with Crippen LogP contribution in [0.15, 0.2) is 47.4 Å². The molecule has 5 nitrogen and oxygen atoms in total. The molecule has 0 spiro atoms. The molecule has 0 atom stereocenters. The van der Waals surface area contributed by atoms with Gasteiger partial charge in [0.15, 0.2) is 0 Å². The number of ether oxygens (including phenoxy) is 1. The zero-order chi connectivity index (χ0) is 21.1. The SMILES string of the molecule is Cc1ccc(C)c(N2C(=O)C(SCCO)=C(c3ccc(OC(C)C)cc3)C2=O)c1. The van der Waals surface area contributed by atoms with E-state index in [0.29, 0.717) is 33.2 Å². The van der Waals surface area contributed by atoms with Crippen molar-refractivity contribution in [2.45, 2.75) is 33.8 Å². The molecule has 0 fully saturated rings. The number of aliphatic hydroxyl groups is 1. The number of thioether (sulfide) groups is 1. The highest BCUT2D eigenvalue weighted by Gasteiger charge is 2.40. The lowest BCUT2D eigenvalue weighted by Gasteiger charge is -2.18. The fourth-order valence-corrected chi connectivity index (χ4v) is 4.06. The quantitative estimate of drug-likeness (QED) is 0.695. The van der Waals surface area contributed by atoms with Crippen LogP contribution >= 0.6 is 11.8 Å². The topological polar surface area (TPSA) is 66.8 Å². The van der Waals surface area contributed by atoms with Gasteiger partial charge >= 0.3 is 0 Å². The number of nitrogens with zero attached hydrogens (tertiary/aromatic N) is 1. The summed E-state index contributed by atoms with van der Waals surface area (Å²) < 4.78 is 5.67. The van der Waals surface area contributed by atoms with E-state index in [1.807, 2.05) is 45.9 Å². The predicted molar refractivity (Wildman–Crippen MR) is 117 cm³/mol. The maximum atomic E-state index is 13.4. The van der Waals surface area contributed by atoms with Gasteiger partial charge in [0.2, 0.25) is 0 Å². The third kappa shape index (κ3) is 4.38. The molecule has 2 aromatic rings. The zero-order valence-corrected chi connectivity index (χ0v) is 17.9. The highest BCUT2D eigenvalue weighted by molar-refractivity contribution is 8.04. The van der Waals surface area contributed by atoms with Gasteiger partial charge in [-0.15, -0.1) is 11.8 Å². The van der Waals surface area contributed by atoms with Crippen LogP contribution in [-0.2, 0) is 9.59 Å². The Bertz CT molecular complexity index is 963. The summed E-state index contributed by atoms with van der Waals surface area (Å²) in [5.74, 6) is 0.353. The van der Waals surface area contributed by atoms with E-state index in [0.717, 1.165) is 11.1 Å². The first-order chi connectivity index (χ1) is 13.8. The standard InChI is InChI=1S/C23H25NO4S/c1-14(2)28-18-9-7-17(8-10-18)20-21(29-12-11-25)23(27)24(22(20)26)19-13-15(3)5-6-16(19)4/h5-10,13-14,25H,11-12H2,1-4H3. The molecule has 0 aliphatic carbocycles. The smallest absolute Gasteiger partial charge is 0.272 e. The number of carbonyl (C=O) groups is 2. The average molecular weight is 412 g/mol. The molecule has 1 heterocycles. The van der Waals surface area contributed by atoms with Crippen molar-refractivity contribution in [1.29, 1.82) is 0 Å². The van der Waals surface area contributed by atoms with E-state index in [1.165, 1.54) is 16.7 Å². The van der Waals surface area contributed by atoms with Crippen molar-refractivity contribution < 1.29 is 19.4 Å². The maximum Gasteiger partial charge on any atom is 0.272 e. The molecule has 0 unspecified atom stereocenters. The Hall–Kier alpha value is -2.57. The first-order valence-electron chi connectivity index (χ1n) is 9.54. The lowest BCUT2D eigenvalue weighted by Crippen LogP contribution is -2.32. The molecule has 2 amide bonds. The number of imide groups is 1. The summed E-state index contributed by atoms with van der Waals surface area (Å²) in [5.41, 5.74) is 3.44. The van der Waals surface area contributed by atoms with E-state index in [2.05, 4.69) is 0 Å². The van der Waals surface area contributed by atoms with Gasteiger partial charge in [0.1, 0.15) is 5.75 Å². The molecule has 29 heavy (non-hydrogen) atoms. The van der Waals surface area contributed by atoms with Gasteiger partial charge in [0.05, 0.1) is 28.9 Å². The van der Waals surface area contributed by atoms with Crippen LogP contribution in [0.1, 0.15) is 30.5 Å². The molecule has 1 aliphatic rings. The number of aliphatic hydroxyl groups excluding tert-OH is 1. The molecule has 6 heteroatoms. The van der Waals surface area contributed by atoms with Crippen LogP contribution in [0.3, 0.4) is 0 Å². The molecule has 3 rings (SSSR count). The van der Waals surface area contributed by atoms with Gasteiger partial charge in [-0.1, -0.05) is 24.3 Å². The summed E-state index contributed by atoms with van der Waals surface area (Å²) in [4.78, 5) is 28.2. The molecular formula is C23H25NO4S. The number of benzene rings is 2. The monoisotopic (exact) mass is 411 g/mol. The summed E-state index contributed by atoms with van der Waals surface area (Å²) in [5, 5.41) is 9.25. The van der Waals surface area contributed by atoms with Crippen LogP contribution < -0.4 is 9.64 Å². The summed E-state index contributed by atoms with van der Waals surface area (Å²) in [7, 11) is 0. The van der Waals surface area contributed by atoms with Gasteiger partial charge in [-0.3, -0.25) is 9.59 Å². The van der Waals surface area contributed by atoms with Crippen molar-refractivity contribution in [3.63, 3.8) is 0 Å². The molecule has 1 N–H and O–H groups in total. The number of carbonyl (C=O) groups excluding carboxylic acids is 2. The summed E-state index contributed by atoms with van der Waals surface area (Å²) in [6, 6.07) is 12.9. The minimum Gasteiger partial charge on any atom is -0.491 e. The summed E-state index contributed by atoms with van der Waals surface area (Å²) in [6.07, 6.45) is 0.0465. The van der Waals surface area contributed by atoms with Crippen molar-refractivity contribution in [2.24, 2.45) is 0 Å². The van der Waals surface area contributed by atoms with Crippen LogP contribution in [0.25, 0.3) is 5.57 Å². The van der Waals surface area contributed by atoms with E-state index in [9.17, 15) is 14.7 Å². The van der Waals surface area contributed by atoms with Crippen molar-refractivity contribution in [3.05, 3.63) is 64.1 Å². The third-order valence-corrected chi connectivity index (χ3v) is 5.55. The van der Waals surface area contributed by atoms with Gasteiger partial charge < -0.3 is 9.84 Å². The number of rotatable bonds is 7. The highest BCUT2D eigenvalue weighted by Crippen LogP contribution is 2.39. The fraction of sp³-hybridized carbons (Fsp3) is 0.304. The number of hydrogen-bond donors (Lipinski definition) is 1. The normalized spacial score (nSPS) is 14.3. The van der Waals surface area contributed by atoms with Gasteiger partial charge in [-0.2, -0.15) is 0 Å². The number of anilines is 1. The summed E-state index contributed by atoms with van der Waals surface area (Å²) >= 11 is 1.21. The second-order valence-corrected chi connectivity index (χ2v) is 8.31. The Kier molecular flexibility index (Phi) is 6.45. The molecule has 2 aromatic carbocycles. The van der Waals surface area contributed by atoms with Crippen LogP contribution in [0, 0.1) is 13.8 Å². The summed E-state index contributed by atoms with van der Waals surface area (Å²) in [6.45, 7) is 7.62. The van der Waals surface area contributed by atoms with Crippen molar-refractivity contribution in [2.75, 3.05) is 17.3 Å². The van der Waals surface area contributed by atoms with Crippen LogP contribution in [0.4, 0.5) is 5.69 Å². The van der Waals surface area contributed by atoms with Crippen LogP contribution in [0.2, 0.25) is 0 Å². The Morgan fingerprint density at radius 3 is 2.34 bits per heavy atom. The zero-order valence-electron chi connectivity index (χ0n) is 17.1. The second kappa shape index (κ2) is 8.84. The van der Waals surface area contributed by atoms with Gasteiger partial charge in [0.25, 0.3) is 11.8 Å². The molecule has 0 bridgehead atoms. The minimum atomic E-state index is -0.348. The predicted octanol–water partition coefficient (Wildman–Crippen LogP) is 4.10. The Labute approximate surface area is 175 Å². The fourth-order valence-electron chi connectivity index (χ4n) is 3.20. The number of hydrogen-bond acceptors (Lipinski definition) is 5. The highest BCUT2D eigenvalue weighted by atomic mass is 32.2.